The van der Waals surface area contributed by atoms with E-state index in [9.17, 15) is 4.79 Å². The van der Waals surface area contributed by atoms with Crippen molar-refractivity contribution in [2.24, 2.45) is 0 Å². The van der Waals surface area contributed by atoms with Crippen LogP contribution in [0.5, 0.6) is 0 Å². The average molecular weight is 255 g/mol. The molecule has 1 aromatic heterocycles. The van der Waals surface area contributed by atoms with Gasteiger partial charge >= 0.3 is 0 Å². The zero-order valence-corrected chi connectivity index (χ0v) is 10.7. The van der Waals surface area contributed by atoms with Gasteiger partial charge in [-0.3, -0.25) is 9.48 Å². The zero-order chi connectivity index (χ0) is 12.8. The summed E-state index contributed by atoms with van der Waals surface area (Å²) >= 11 is 5.86. The summed E-state index contributed by atoms with van der Waals surface area (Å²) in [6.45, 7) is 2.79. The van der Waals surface area contributed by atoms with E-state index in [-0.39, 0.29) is 5.91 Å². The molecule has 0 fully saturated rings. The first kappa shape index (κ1) is 13.5. The van der Waals surface area contributed by atoms with Gasteiger partial charge in [0, 0.05) is 32.8 Å². The van der Waals surface area contributed by atoms with E-state index in [1.165, 1.54) is 0 Å². The van der Waals surface area contributed by atoms with Gasteiger partial charge in [-0.15, -0.1) is 0 Å². The van der Waals surface area contributed by atoms with Crippen molar-refractivity contribution in [1.82, 2.24) is 14.7 Å². The molecule has 0 spiro atoms. The van der Waals surface area contributed by atoms with Crippen molar-refractivity contribution in [2.45, 2.75) is 26.3 Å². The molecule has 0 aromatic carbocycles. The first-order valence-corrected chi connectivity index (χ1v) is 5.73. The number of carbonyl (C=O) groups excluding carboxylic acids is 1. The third kappa shape index (κ3) is 4.08. The highest BCUT2D eigenvalue weighted by molar-refractivity contribution is 6.31. The van der Waals surface area contributed by atoms with Crippen LogP contribution in [0.4, 0.5) is 0 Å². The van der Waals surface area contributed by atoms with Crippen LogP contribution >= 0.6 is 11.6 Å². The number of aromatic nitrogens is 2. The van der Waals surface area contributed by atoms with Crippen molar-refractivity contribution in [3.8, 4) is 6.07 Å². The molecule has 0 atom stereocenters. The second-order valence-electron chi connectivity index (χ2n) is 3.80. The summed E-state index contributed by atoms with van der Waals surface area (Å²) in [5, 5.41) is 13.2. The Balaban J connectivity index is 2.40. The molecule has 0 aliphatic heterocycles. The van der Waals surface area contributed by atoms with E-state index in [1.807, 2.05) is 13.0 Å². The van der Waals surface area contributed by atoms with Crippen LogP contribution in [0, 0.1) is 18.3 Å². The van der Waals surface area contributed by atoms with E-state index >= 15 is 0 Å². The Morgan fingerprint density at radius 2 is 2.41 bits per heavy atom. The predicted molar refractivity (Wildman–Crippen MR) is 64.5 cm³/mol. The molecule has 0 saturated carbocycles. The van der Waals surface area contributed by atoms with Crippen molar-refractivity contribution in [3.05, 3.63) is 16.9 Å². The summed E-state index contributed by atoms with van der Waals surface area (Å²) in [6, 6.07) is 2.01. The van der Waals surface area contributed by atoms with E-state index in [2.05, 4.69) is 5.10 Å². The minimum Gasteiger partial charge on any atom is -0.345 e. The monoisotopic (exact) mass is 254 g/mol. The van der Waals surface area contributed by atoms with Gasteiger partial charge in [-0.1, -0.05) is 11.6 Å². The van der Waals surface area contributed by atoms with Crippen molar-refractivity contribution < 1.29 is 4.79 Å². The molecule has 0 aliphatic rings. The zero-order valence-electron chi connectivity index (χ0n) is 9.98. The fourth-order valence-electron chi connectivity index (χ4n) is 1.35. The molecule has 0 bridgehead atoms. The summed E-state index contributed by atoms with van der Waals surface area (Å²) < 4.78 is 1.66. The van der Waals surface area contributed by atoms with Crippen LogP contribution in [0.1, 0.15) is 18.5 Å². The van der Waals surface area contributed by atoms with Crippen molar-refractivity contribution >= 4 is 17.5 Å². The summed E-state index contributed by atoms with van der Waals surface area (Å²) in [5.74, 6) is 0.00419. The second kappa shape index (κ2) is 6.26. The molecule has 0 radical (unpaired) electrons. The Bertz CT molecular complexity index is 416. The van der Waals surface area contributed by atoms with E-state index in [1.54, 1.807) is 22.8 Å². The molecule has 1 aromatic rings. The van der Waals surface area contributed by atoms with Crippen LogP contribution < -0.4 is 0 Å². The number of nitriles is 1. The summed E-state index contributed by atoms with van der Waals surface area (Å²) in [6.07, 6.45) is 2.42. The summed E-state index contributed by atoms with van der Waals surface area (Å²) in [4.78, 5) is 13.2. The van der Waals surface area contributed by atoms with Crippen molar-refractivity contribution in [2.75, 3.05) is 13.6 Å². The molecular formula is C11H15ClN4O. The third-order valence-corrected chi connectivity index (χ3v) is 2.80. The Labute approximate surface area is 106 Å². The van der Waals surface area contributed by atoms with Gasteiger partial charge in [-0.2, -0.15) is 10.4 Å². The van der Waals surface area contributed by atoms with Crippen LogP contribution in [0.25, 0.3) is 0 Å². The Morgan fingerprint density at radius 3 is 2.94 bits per heavy atom. The minimum absolute atomic E-state index is 0.00419. The SMILES string of the molecule is Cc1nn(CCC(=O)N(C)CCC#N)cc1Cl. The Morgan fingerprint density at radius 1 is 1.71 bits per heavy atom. The van der Waals surface area contributed by atoms with E-state index in [0.717, 1.165) is 5.69 Å². The molecule has 92 valence electrons. The topological polar surface area (TPSA) is 61.9 Å². The first-order chi connectivity index (χ1) is 8.04. The quantitative estimate of drug-likeness (QED) is 0.802. The van der Waals surface area contributed by atoms with Gasteiger partial charge < -0.3 is 4.90 Å². The van der Waals surface area contributed by atoms with Gasteiger partial charge in [0.25, 0.3) is 0 Å². The lowest BCUT2D eigenvalue weighted by molar-refractivity contribution is -0.130. The summed E-state index contributed by atoms with van der Waals surface area (Å²) in [7, 11) is 1.70. The second-order valence-corrected chi connectivity index (χ2v) is 4.21. The fraction of sp³-hybridized carbons (Fsp3) is 0.545. The third-order valence-electron chi connectivity index (χ3n) is 2.43. The molecule has 0 aliphatic carbocycles. The van der Waals surface area contributed by atoms with Crippen LogP contribution in [0.3, 0.4) is 0 Å². The average Bonchev–Trinajstić information content (AvgIpc) is 2.62. The molecule has 1 heterocycles. The van der Waals surface area contributed by atoms with Gasteiger partial charge in [-0.25, -0.2) is 0 Å². The van der Waals surface area contributed by atoms with Crippen molar-refractivity contribution in [1.29, 1.82) is 5.26 Å². The largest absolute Gasteiger partial charge is 0.345 e. The first-order valence-electron chi connectivity index (χ1n) is 5.35. The van der Waals surface area contributed by atoms with E-state index in [0.29, 0.717) is 31.0 Å². The number of carbonyl (C=O) groups is 1. The molecule has 0 saturated heterocycles. The number of nitrogens with zero attached hydrogens (tertiary/aromatic N) is 4. The molecule has 6 heteroatoms. The lowest BCUT2D eigenvalue weighted by Crippen LogP contribution is -2.28. The van der Waals surface area contributed by atoms with Gasteiger partial charge in [0.15, 0.2) is 0 Å². The molecule has 1 rings (SSSR count). The lowest BCUT2D eigenvalue weighted by atomic mass is 10.3. The number of hydrogen-bond donors (Lipinski definition) is 0. The molecular weight excluding hydrogens is 240 g/mol. The fourth-order valence-corrected chi connectivity index (χ4v) is 1.50. The van der Waals surface area contributed by atoms with Crippen LogP contribution in [-0.4, -0.2) is 34.2 Å². The van der Waals surface area contributed by atoms with Gasteiger partial charge in [0.1, 0.15) is 0 Å². The van der Waals surface area contributed by atoms with Gasteiger partial charge in [-0.05, 0) is 6.92 Å². The highest BCUT2D eigenvalue weighted by Gasteiger charge is 2.09. The molecule has 1 amide bonds. The van der Waals surface area contributed by atoms with Crippen molar-refractivity contribution in [3.63, 3.8) is 0 Å². The van der Waals surface area contributed by atoms with Gasteiger partial charge in [0.2, 0.25) is 5.91 Å². The Hall–Kier alpha value is -1.54. The molecule has 0 unspecified atom stereocenters. The molecule has 0 N–H and O–H groups in total. The predicted octanol–water partition coefficient (Wildman–Crippen LogP) is 1.61. The number of amides is 1. The number of rotatable bonds is 5. The maximum Gasteiger partial charge on any atom is 0.224 e. The van der Waals surface area contributed by atoms with E-state index < -0.39 is 0 Å². The summed E-state index contributed by atoms with van der Waals surface area (Å²) in [5.41, 5.74) is 0.761. The lowest BCUT2D eigenvalue weighted by Gasteiger charge is -2.15. The number of hydrogen-bond acceptors (Lipinski definition) is 3. The smallest absolute Gasteiger partial charge is 0.224 e. The van der Waals surface area contributed by atoms with Crippen LogP contribution in [0.15, 0.2) is 6.20 Å². The number of halogens is 1. The standard InChI is InChI=1S/C11H15ClN4O/c1-9-10(12)8-16(14-9)7-4-11(17)15(2)6-3-5-13/h8H,3-4,6-7H2,1-2H3. The molecule has 17 heavy (non-hydrogen) atoms. The maximum atomic E-state index is 11.7. The number of aryl methyl sites for hydroxylation is 2. The highest BCUT2D eigenvalue weighted by atomic mass is 35.5. The van der Waals surface area contributed by atoms with E-state index in [4.69, 9.17) is 16.9 Å². The van der Waals surface area contributed by atoms with Crippen LogP contribution in [-0.2, 0) is 11.3 Å². The maximum absolute atomic E-state index is 11.7. The van der Waals surface area contributed by atoms with Crippen LogP contribution in [0.2, 0.25) is 5.02 Å². The Kier molecular flexibility index (Phi) is 4.98. The normalized spacial score (nSPS) is 10.0. The molecule has 5 nitrogen and oxygen atoms in total. The minimum atomic E-state index is 0.00419. The highest BCUT2D eigenvalue weighted by Crippen LogP contribution is 2.12. The van der Waals surface area contributed by atoms with Gasteiger partial charge in [0.05, 0.1) is 23.2 Å².